The van der Waals surface area contributed by atoms with Gasteiger partial charge in [-0.1, -0.05) is 51.1 Å². The molecule has 1 aromatic rings. The van der Waals surface area contributed by atoms with Crippen LogP contribution < -0.4 is 5.73 Å². The van der Waals surface area contributed by atoms with Crippen molar-refractivity contribution in [1.29, 1.82) is 0 Å². The van der Waals surface area contributed by atoms with Crippen LogP contribution in [0.15, 0.2) is 30.3 Å². The summed E-state index contributed by atoms with van der Waals surface area (Å²) in [5.74, 6) is 0. The van der Waals surface area contributed by atoms with Gasteiger partial charge in [0.05, 0.1) is 0 Å². The molecule has 2 heteroatoms. The first-order valence-electron chi connectivity index (χ1n) is 6.32. The summed E-state index contributed by atoms with van der Waals surface area (Å²) in [5.41, 5.74) is 5.21. The lowest BCUT2D eigenvalue weighted by Gasteiger charge is -2.26. The van der Waals surface area contributed by atoms with Gasteiger partial charge in [0.25, 0.3) is 0 Å². The van der Waals surface area contributed by atoms with Gasteiger partial charge in [0.1, 0.15) is 5.67 Å². The van der Waals surface area contributed by atoms with Gasteiger partial charge in [-0.3, -0.25) is 0 Å². The zero-order valence-electron chi connectivity index (χ0n) is 11.2. The van der Waals surface area contributed by atoms with Gasteiger partial charge >= 0.3 is 0 Å². The van der Waals surface area contributed by atoms with Crippen LogP contribution in [0.2, 0.25) is 0 Å². The maximum atomic E-state index is 14.7. The minimum atomic E-state index is -1.37. The molecule has 0 bridgehead atoms. The van der Waals surface area contributed by atoms with Crippen LogP contribution in [0.1, 0.15) is 45.6 Å². The van der Waals surface area contributed by atoms with Crippen LogP contribution in [0.25, 0.3) is 0 Å². The number of hydrogen-bond donors (Lipinski definition) is 1. The van der Waals surface area contributed by atoms with E-state index >= 15 is 0 Å². The van der Waals surface area contributed by atoms with Crippen LogP contribution >= 0.6 is 0 Å². The van der Waals surface area contributed by atoms with E-state index in [9.17, 15) is 4.39 Å². The summed E-state index contributed by atoms with van der Waals surface area (Å²) in [7, 11) is 0. The molecule has 0 amide bonds. The lowest BCUT2D eigenvalue weighted by molar-refractivity contribution is 0.149. The first-order chi connectivity index (χ1) is 7.87. The Hall–Kier alpha value is -0.890. The molecular formula is C15H24FN. The molecular weight excluding hydrogens is 213 g/mol. The highest BCUT2D eigenvalue weighted by molar-refractivity contribution is 5.22. The zero-order valence-corrected chi connectivity index (χ0v) is 11.2. The van der Waals surface area contributed by atoms with Gasteiger partial charge in [0, 0.05) is 6.54 Å². The SMILES string of the molecule is CC(C)(C)CCCC(F)(CN)c1ccccc1. The van der Waals surface area contributed by atoms with Crippen LogP contribution in [0, 0.1) is 5.41 Å². The molecule has 2 N–H and O–H groups in total. The standard InChI is InChI=1S/C15H24FN/c1-14(2,3)10-7-11-15(16,12-17)13-8-5-4-6-9-13/h4-6,8-9H,7,10-12,17H2,1-3H3. The van der Waals surface area contributed by atoms with E-state index < -0.39 is 5.67 Å². The number of halogens is 1. The molecule has 0 saturated heterocycles. The number of benzene rings is 1. The lowest BCUT2D eigenvalue weighted by Crippen LogP contribution is -2.30. The summed E-state index contributed by atoms with van der Waals surface area (Å²) in [4.78, 5) is 0. The summed E-state index contributed by atoms with van der Waals surface area (Å²) in [6.45, 7) is 6.59. The molecule has 0 radical (unpaired) electrons. The van der Waals surface area contributed by atoms with Gasteiger partial charge in [-0.2, -0.15) is 0 Å². The molecule has 96 valence electrons. The zero-order chi connectivity index (χ0) is 12.9. The van der Waals surface area contributed by atoms with E-state index in [1.54, 1.807) is 0 Å². The van der Waals surface area contributed by atoms with Crippen LogP contribution in [-0.2, 0) is 5.67 Å². The van der Waals surface area contributed by atoms with Crippen molar-refractivity contribution in [1.82, 2.24) is 0 Å². The van der Waals surface area contributed by atoms with Gasteiger partial charge in [-0.15, -0.1) is 0 Å². The van der Waals surface area contributed by atoms with Crippen LogP contribution in [0.4, 0.5) is 4.39 Å². The molecule has 0 fully saturated rings. The van der Waals surface area contributed by atoms with E-state index in [4.69, 9.17) is 5.73 Å². The molecule has 0 saturated carbocycles. The first kappa shape index (κ1) is 14.2. The average molecular weight is 237 g/mol. The Morgan fingerprint density at radius 2 is 1.65 bits per heavy atom. The highest BCUT2D eigenvalue weighted by Crippen LogP contribution is 2.33. The molecule has 1 atom stereocenters. The lowest BCUT2D eigenvalue weighted by atomic mass is 9.84. The second kappa shape index (κ2) is 5.63. The molecule has 0 aliphatic heterocycles. The van der Waals surface area contributed by atoms with Gasteiger partial charge in [0.2, 0.25) is 0 Å². The molecule has 0 spiro atoms. The third kappa shape index (κ3) is 4.47. The molecule has 1 rings (SSSR count). The molecule has 1 aromatic carbocycles. The molecule has 1 nitrogen and oxygen atoms in total. The maximum absolute atomic E-state index is 14.7. The van der Waals surface area contributed by atoms with Gasteiger partial charge in [-0.05, 0) is 30.2 Å². The molecule has 1 unspecified atom stereocenters. The Bertz CT molecular complexity index is 329. The van der Waals surface area contributed by atoms with E-state index in [-0.39, 0.29) is 12.0 Å². The van der Waals surface area contributed by atoms with Gasteiger partial charge in [0.15, 0.2) is 0 Å². The monoisotopic (exact) mass is 237 g/mol. The number of hydrogen-bond acceptors (Lipinski definition) is 1. The van der Waals surface area contributed by atoms with E-state index in [1.807, 2.05) is 30.3 Å². The fourth-order valence-corrected chi connectivity index (χ4v) is 2.00. The summed E-state index contributed by atoms with van der Waals surface area (Å²) in [5, 5.41) is 0. The fraction of sp³-hybridized carbons (Fsp3) is 0.600. The predicted molar refractivity (Wildman–Crippen MR) is 71.6 cm³/mol. The molecule has 0 aliphatic rings. The summed E-state index contributed by atoms with van der Waals surface area (Å²) in [6.07, 6.45) is 2.39. The van der Waals surface area contributed by atoms with Crippen molar-refractivity contribution in [2.45, 2.75) is 45.7 Å². The normalized spacial score (nSPS) is 15.6. The van der Waals surface area contributed by atoms with Crippen molar-refractivity contribution < 1.29 is 4.39 Å². The summed E-state index contributed by atoms with van der Waals surface area (Å²) < 4.78 is 14.7. The van der Waals surface area contributed by atoms with E-state index in [2.05, 4.69) is 20.8 Å². The minimum absolute atomic E-state index is 0.0567. The van der Waals surface area contributed by atoms with E-state index in [1.165, 1.54) is 0 Å². The van der Waals surface area contributed by atoms with Crippen LogP contribution in [-0.4, -0.2) is 6.54 Å². The van der Waals surface area contributed by atoms with Gasteiger partial charge < -0.3 is 5.73 Å². The Kier molecular flexibility index (Phi) is 4.70. The Labute approximate surface area is 104 Å². The fourth-order valence-electron chi connectivity index (χ4n) is 2.00. The molecule has 0 heterocycles. The van der Waals surface area contributed by atoms with Crippen molar-refractivity contribution in [3.63, 3.8) is 0 Å². The Morgan fingerprint density at radius 1 is 1.06 bits per heavy atom. The van der Waals surface area contributed by atoms with Crippen molar-refractivity contribution >= 4 is 0 Å². The smallest absolute Gasteiger partial charge is 0.148 e. The largest absolute Gasteiger partial charge is 0.327 e. The van der Waals surface area contributed by atoms with Crippen LogP contribution in [0.3, 0.4) is 0 Å². The second-order valence-electron chi connectivity index (χ2n) is 5.95. The summed E-state index contributed by atoms with van der Waals surface area (Å²) in [6, 6.07) is 9.27. The third-order valence-electron chi connectivity index (χ3n) is 3.11. The van der Waals surface area contributed by atoms with Gasteiger partial charge in [-0.25, -0.2) is 4.39 Å². The van der Waals surface area contributed by atoms with Crippen molar-refractivity contribution in [3.05, 3.63) is 35.9 Å². The first-order valence-corrected chi connectivity index (χ1v) is 6.32. The number of alkyl halides is 1. The quantitative estimate of drug-likeness (QED) is 0.822. The Morgan fingerprint density at radius 3 is 2.12 bits per heavy atom. The highest BCUT2D eigenvalue weighted by atomic mass is 19.1. The minimum Gasteiger partial charge on any atom is -0.327 e. The second-order valence-corrected chi connectivity index (χ2v) is 5.95. The molecule has 17 heavy (non-hydrogen) atoms. The maximum Gasteiger partial charge on any atom is 0.148 e. The predicted octanol–water partition coefficient (Wildman–Crippen LogP) is 4.03. The molecule has 0 aromatic heterocycles. The Balaban J connectivity index is 2.64. The molecule has 0 aliphatic carbocycles. The topological polar surface area (TPSA) is 26.0 Å². The van der Waals surface area contributed by atoms with Crippen molar-refractivity contribution in [3.8, 4) is 0 Å². The van der Waals surface area contributed by atoms with Crippen molar-refractivity contribution in [2.24, 2.45) is 11.1 Å². The average Bonchev–Trinajstić information content (AvgIpc) is 2.28. The number of rotatable bonds is 5. The van der Waals surface area contributed by atoms with E-state index in [0.717, 1.165) is 12.8 Å². The van der Waals surface area contributed by atoms with Crippen LogP contribution in [0.5, 0.6) is 0 Å². The summed E-state index contributed by atoms with van der Waals surface area (Å²) >= 11 is 0. The number of nitrogens with two attached hydrogens (primary N) is 1. The van der Waals surface area contributed by atoms with Crippen molar-refractivity contribution in [2.75, 3.05) is 6.54 Å². The van der Waals surface area contributed by atoms with E-state index in [0.29, 0.717) is 12.0 Å². The highest BCUT2D eigenvalue weighted by Gasteiger charge is 2.30. The third-order valence-corrected chi connectivity index (χ3v) is 3.11.